The Morgan fingerprint density at radius 3 is 2.17 bits per heavy atom. The second kappa shape index (κ2) is 8.87. The minimum Gasteiger partial charge on any atom is -0.396 e. The predicted molar refractivity (Wildman–Crippen MR) is 25.0 cm³/mol. The molecule has 1 N–H and O–H groups in total. The third-order valence-corrected chi connectivity index (χ3v) is 0.247. The fourth-order valence-electron chi connectivity index (χ4n) is 0.0527. The van der Waals surface area contributed by atoms with E-state index in [1.807, 2.05) is 0 Å². The van der Waals surface area contributed by atoms with Crippen molar-refractivity contribution in [1.29, 1.82) is 0 Å². The fraction of sp³-hybridized carbons (Fsp3) is 0.667. The van der Waals surface area contributed by atoms with E-state index in [1.54, 1.807) is 0 Å². The SMILES string of the molecule is Cl.O=CCCO. The van der Waals surface area contributed by atoms with Crippen molar-refractivity contribution in [3.05, 3.63) is 0 Å². The van der Waals surface area contributed by atoms with Crippen LogP contribution in [0.25, 0.3) is 0 Å². The van der Waals surface area contributed by atoms with Gasteiger partial charge in [-0.3, -0.25) is 0 Å². The molecule has 0 aliphatic heterocycles. The Morgan fingerprint density at radius 2 is 2.17 bits per heavy atom. The first-order valence-corrected chi connectivity index (χ1v) is 1.46. The van der Waals surface area contributed by atoms with E-state index in [0.29, 0.717) is 6.29 Å². The first-order chi connectivity index (χ1) is 2.41. The molecule has 2 nitrogen and oxygen atoms in total. The zero-order valence-electron chi connectivity index (χ0n) is 3.26. The number of carbonyl (C=O) groups is 1. The van der Waals surface area contributed by atoms with E-state index in [2.05, 4.69) is 0 Å². The number of aliphatic hydroxyl groups is 1. The van der Waals surface area contributed by atoms with Crippen molar-refractivity contribution in [2.75, 3.05) is 6.61 Å². The van der Waals surface area contributed by atoms with Gasteiger partial charge >= 0.3 is 0 Å². The Kier molecular flexibility index (Phi) is 13.8. The van der Waals surface area contributed by atoms with Crippen molar-refractivity contribution in [2.45, 2.75) is 6.42 Å². The highest BCUT2D eigenvalue weighted by molar-refractivity contribution is 5.85. The minimum atomic E-state index is -0.0243. The first-order valence-electron chi connectivity index (χ1n) is 1.46. The van der Waals surface area contributed by atoms with Gasteiger partial charge in [-0.05, 0) is 0 Å². The lowest BCUT2D eigenvalue weighted by Crippen LogP contribution is -1.78. The summed E-state index contributed by atoms with van der Waals surface area (Å²) in [6.07, 6.45) is 0.944. The maximum atomic E-state index is 9.24. The van der Waals surface area contributed by atoms with Gasteiger partial charge in [-0.1, -0.05) is 0 Å². The van der Waals surface area contributed by atoms with Gasteiger partial charge in [0, 0.05) is 13.0 Å². The Labute approximate surface area is 42.6 Å². The van der Waals surface area contributed by atoms with Crippen LogP contribution in [-0.2, 0) is 4.79 Å². The van der Waals surface area contributed by atoms with Crippen LogP contribution >= 0.6 is 12.4 Å². The molecule has 0 aromatic rings. The van der Waals surface area contributed by atoms with Gasteiger partial charge in [0.05, 0.1) is 0 Å². The average molecular weight is 111 g/mol. The Bertz CT molecular complexity index is 30.0. The standard InChI is InChI=1S/C3H6O2.ClH/c4-2-1-3-5;/h2,5H,1,3H2;1H. The molecule has 0 atom stereocenters. The molecule has 0 amide bonds. The van der Waals surface area contributed by atoms with Crippen molar-refractivity contribution >= 4 is 18.7 Å². The Morgan fingerprint density at radius 1 is 1.67 bits per heavy atom. The van der Waals surface area contributed by atoms with Gasteiger partial charge in [-0.15, -0.1) is 12.4 Å². The molecule has 0 saturated carbocycles. The highest BCUT2D eigenvalue weighted by Gasteiger charge is 1.67. The van der Waals surface area contributed by atoms with E-state index in [0.717, 1.165) is 0 Å². The molecular formula is C3H7ClO2. The number of aldehydes is 1. The molecule has 0 spiro atoms. The van der Waals surface area contributed by atoms with Crippen LogP contribution in [-0.4, -0.2) is 18.0 Å². The summed E-state index contributed by atoms with van der Waals surface area (Å²) in [6, 6.07) is 0. The summed E-state index contributed by atoms with van der Waals surface area (Å²) in [5, 5.41) is 7.84. The minimum absolute atomic E-state index is 0. The molecule has 0 rings (SSSR count). The van der Waals surface area contributed by atoms with Gasteiger partial charge in [0.25, 0.3) is 0 Å². The van der Waals surface area contributed by atoms with Crippen molar-refractivity contribution < 1.29 is 9.90 Å². The Balaban J connectivity index is 0. The van der Waals surface area contributed by atoms with Crippen LogP contribution in [0.5, 0.6) is 0 Å². The summed E-state index contributed by atoms with van der Waals surface area (Å²) in [5.41, 5.74) is 0. The van der Waals surface area contributed by atoms with Gasteiger partial charge in [0.15, 0.2) is 0 Å². The second-order valence-electron chi connectivity index (χ2n) is 0.679. The van der Waals surface area contributed by atoms with Crippen molar-refractivity contribution in [1.82, 2.24) is 0 Å². The maximum absolute atomic E-state index is 9.24. The molecule has 0 aromatic heterocycles. The van der Waals surface area contributed by atoms with Crippen LogP contribution in [0, 0.1) is 0 Å². The maximum Gasteiger partial charge on any atom is 0.122 e. The van der Waals surface area contributed by atoms with Gasteiger partial charge in [0.2, 0.25) is 0 Å². The lowest BCUT2D eigenvalue weighted by atomic mass is 10.5. The van der Waals surface area contributed by atoms with Gasteiger partial charge in [-0.25, -0.2) is 0 Å². The second-order valence-corrected chi connectivity index (χ2v) is 0.679. The molecule has 0 radical (unpaired) electrons. The lowest BCUT2D eigenvalue weighted by molar-refractivity contribution is -0.108. The molecule has 3 heteroatoms. The normalized spacial score (nSPS) is 6.17. The molecule has 0 saturated heterocycles. The van der Waals surface area contributed by atoms with Crippen molar-refractivity contribution in [2.24, 2.45) is 0 Å². The molecule has 38 valence electrons. The quantitative estimate of drug-likeness (QED) is 0.508. The highest BCUT2D eigenvalue weighted by Crippen LogP contribution is 1.58. The zero-order valence-corrected chi connectivity index (χ0v) is 4.07. The summed E-state index contributed by atoms with van der Waals surface area (Å²) >= 11 is 0. The summed E-state index contributed by atoms with van der Waals surface area (Å²) in [6.45, 7) is -0.0243. The van der Waals surface area contributed by atoms with Gasteiger partial charge in [0.1, 0.15) is 6.29 Å². The molecular weight excluding hydrogens is 103 g/mol. The van der Waals surface area contributed by atoms with Crippen molar-refractivity contribution in [3.8, 4) is 0 Å². The molecule has 0 aliphatic rings. The van der Waals surface area contributed by atoms with E-state index in [1.165, 1.54) is 0 Å². The van der Waals surface area contributed by atoms with E-state index >= 15 is 0 Å². The smallest absolute Gasteiger partial charge is 0.122 e. The average Bonchev–Trinajstić information content (AvgIpc) is 1.41. The topological polar surface area (TPSA) is 37.3 Å². The number of rotatable bonds is 2. The first kappa shape index (κ1) is 9.33. The number of hydrogen-bond donors (Lipinski definition) is 1. The number of aliphatic hydroxyl groups excluding tert-OH is 1. The van der Waals surface area contributed by atoms with E-state index < -0.39 is 0 Å². The van der Waals surface area contributed by atoms with Crippen LogP contribution in [0.15, 0.2) is 0 Å². The summed E-state index contributed by atoms with van der Waals surface area (Å²) in [7, 11) is 0. The number of carbonyl (C=O) groups excluding carboxylic acids is 1. The third kappa shape index (κ3) is 9.07. The van der Waals surface area contributed by atoms with Crippen LogP contribution in [0.4, 0.5) is 0 Å². The molecule has 0 heterocycles. The number of halogens is 1. The molecule has 6 heavy (non-hydrogen) atoms. The largest absolute Gasteiger partial charge is 0.396 e. The summed E-state index contributed by atoms with van der Waals surface area (Å²) in [5.74, 6) is 0. The van der Waals surface area contributed by atoms with Crippen LogP contribution in [0.1, 0.15) is 6.42 Å². The molecule has 0 aromatic carbocycles. The monoisotopic (exact) mass is 110 g/mol. The van der Waals surface area contributed by atoms with Crippen molar-refractivity contribution in [3.63, 3.8) is 0 Å². The van der Waals surface area contributed by atoms with Crippen LogP contribution < -0.4 is 0 Å². The Hall–Kier alpha value is -0.0800. The molecule has 0 unspecified atom stereocenters. The highest BCUT2D eigenvalue weighted by atomic mass is 35.5. The zero-order chi connectivity index (χ0) is 4.12. The van der Waals surface area contributed by atoms with Crippen LogP contribution in [0.3, 0.4) is 0 Å². The fourth-order valence-corrected chi connectivity index (χ4v) is 0.0527. The van der Waals surface area contributed by atoms with Gasteiger partial charge in [-0.2, -0.15) is 0 Å². The van der Waals surface area contributed by atoms with Gasteiger partial charge < -0.3 is 9.90 Å². The molecule has 0 fully saturated rings. The number of hydrogen-bond acceptors (Lipinski definition) is 2. The van der Waals surface area contributed by atoms with Crippen LogP contribution in [0.2, 0.25) is 0 Å². The molecule has 0 aliphatic carbocycles. The van der Waals surface area contributed by atoms with E-state index in [9.17, 15) is 4.79 Å². The summed E-state index contributed by atoms with van der Waals surface area (Å²) < 4.78 is 0. The van der Waals surface area contributed by atoms with E-state index in [4.69, 9.17) is 5.11 Å². The molecule has 0 bridgehead atoms. The van der Waals surface area contributed by atoms with E-state index in [-0.39, 0.29) is 25.4 Å². The summed E-state index contributed by atoms with van der Waals surface area (Å²) in [4.78, 5) is 9.24. The lowest BCUT2D eigenvalue weighted by Gasteiger charge is -1.69. The predicted octanol–water partition coefficient (Wildman–Crippen LogP) is -0.0105. The third-order valence-electron chi connectivity index (χ3n) is 0.247.